The van der Waals surface area contributed by atoms with Gasteiger partial charge < -0.3 is 10.1 Å². The van der Waals surface area contributed by atoms with E-state index in [9.17, 15) is 22.8 Å². The number of hydrogen-bond donors (Lipinski definition) is 1. The SMILES string of the molecule is CCOC(=O)c1c(NC(=O)c2nn3c(C(F)(F)F)cc(-c4cccs4)nc3c2Cl)sc2c1CCCC2. The summed E-state index contributed by atoms with van der Waals surface area (Å²) in [6.07, 6.45) is -1.47. The van der Waals surface area contributed by atoms with Crippen LogP contribution in [-0.2, 0) is 23.8 Å². The van der Waals surface area contributed by atoms with Gasteiger partial charge in [0.2, 0.25) is 0 Å². The summed E-state index contributed by atoms with van der Waals surface area (Å²) >= 11 is 8.84. The first-order valence-electron chi connectivity index (χ1n) is 11.0. The van der Waals surface area contributed by atoms with Gasteiger partial charge in [0.05, 0.1) is 22.7 Å². The third-order valence-corrected chi connectivity index (χ3v) is 8.14. The summed E-state index contributed by atoms with van der Waals surface area (Å²) in [5.41, 5.74) is -0.665. The number of aromatic nitrogens is 3. The average Bonchev–Trinajstić information content (AvgIpc) is 3.55. The molecule has 0 atom stereocenters. The van der Waals surface area contributed by atoms with Crippen molar-refractivity contribution in [1.29, 1.82) is 0 Å². The number of anilines is 1. The number of hydrogen-bond acceptors (Lipinski definition) is 7. The van der Waals surface area contributed by atoms with E-state index in [-0.39, 0.29) is 33.5 Å². The molecule has 0 fully saturated rings. The summed E-state index contributed by atoms with van der Waals surface area (Å²) in [6.45, 7) is 1.84. The number of ether oxygens (including phenoxy) is 1. The van der Waals surface area contributed by atoms with Crippen molar-refractivity contribution in [3.8, 4) is 10.6 Å². The van der Waals surface area contributed by atoms with E-state index in [2.05, 4.69) is 15.4 Å². The minimum absolute atomic E-state index is 0.0640. The molecule has 188 valence electrons. The lowest BCUT2D eigenvalue weighted by atomic mass is 9.95. The number of carbonyl (C=O) groups is 2. The molecule has 0 saturated carbocycles. The van der Waals surface area contributed by atoms with Gasteiger partial charge in [0.15, 0.2) is 17.0 Å². The van der Waals surface area contributed by atoms with E-state index < -0.39 is 29.4 Å². The molecule has 7 nitrogen and oxygen atoms in total. The third-order valence-electron chi connectivity index (χ3n) is 5.69. The van der Waals surface area contributed by atoms with Crippen molar-refractivity contribution in [2.45, 2.75) is 38.8 Å². The molecule has 0 unspecified atom stereocenters. The summed E-state index contributed by atoms with van der Waals surface area (Å²) in [7, 11) is 0. The van der Waals surface area contributed by atoms with Gasteiger partial charge in [0, 0.05) is 4.88 Å². The van der Waals surface area contributed by atoms with E-state index in [0.29, 0.717) is 15.8 Å². The van der Waals surface area contributed by atoms with E-state index in [1.807, 2.05) is 0 Å². The molecule has 0 bridgehead atoms. The number of alkyl halides is 3. The molecule has 5 rings (SSSR count). The highest BCUT2D eigenvalue weighted by Crippen LogP contribution is 2.40. The molecule has 1 aliphatic rings. The number of rotatable bonds is 5. The Morgan fingerprint density at radius 3 is 2.75 bits per heavy atom. The number of halogens is 4. The number of fused-ring (bicyclic) bond motifs is 2. The number of amides is 1. The highest BCUT2D eigenvalue weighted by Gasteiger charge is 2.37. The summed E-state index contributed by atoms with van der Waals surface area (Å²) in [6, 6.07) is 4.20. The fourth-order valence-corrected chi connectivity index (χ4v) is 6.33. The van der Waals surface area contributed by atoms with Crippen molar-refractivity contribution in [2.75, 3.05) is 11.9 Å². The molecular formula is C23H18ClF3N4O3S2. The zero-order valence-corrected chi connectivity index (χ0v) is 21.1. The largest absolute Gasteiger partial charge is 0.462 e. The van der Waals surface area contributed by atoms with Crippen LogP contribution >= 0.6 is 34.3 Å². The zero-order valence-electron chi connectivity index (χ0n) is 18.7. The van der Waals surface area contributed by atoms with Crippen molar-refractivity contribution in [3.05, 3.63) is 56.0 Å². The molecule has 1 N–H and O–H groups in total. The number of aryl methyl sites for hydroxylation is 1. The van der Waals surface area contributed by atoms with Crippen LogP contribution in [0.2, 0.25) is 5.02 Å². The second kappa shape index (κ2) is 9.49. The van der Waals surface area contributed by atoms with Crippen LogP contribution in [0.5, 0.6) is 0 Å². The number of esters is 1. The van der Waals surface area contributed by atoms with Gasteiger partial charge >= 0.3 is 12.1 Å². The molecular weight excluding hydrogens is 537 g/mol. The Balaban J connectivity index is 1.58. The van der Waals surface area contributed by atoms with Crippen LogP contribution in [-0.4, -0.2) is 33.1 Å². The molecule has 4 aromatic heterocycles. The van der Waals surface area contributed by atoms with Crippen molar-refractivity contribution < 1.29 is 27.5 Å². The minimum atomic E-state index is -4.78. The van der Waals surface area contributed by atoms with Crippen LogP contribution in [0.4, 0.5) is 18.2 Å². The first-order valence-corrected chi connectivity index (χ1v) is 13.1. The summed E-state index contributed by atoms with van der Waals surface area (Å²) < 4.78 is 47.4. The lowest BCUT2D eigenvalue weighted by Gasteiger charge is -2.12. The molecule has 0 aliphatic heterocycles. The molecule has 1 amide bonds. The average molecular weight is 555 g/mol. The maximum atomic E-state index is 13.9. The number of thiophene rings is 2. The van der Waals surface area contributed by atoms with Crippen molar-refractivity contribution >= 4 is 56.8 Å². The first kappa shape index (κ1) is 24.7. The predicted octanol–water partition coefficient (Wildman–Crippen LogP) is 6.50. The zero-order chi connectivity index (χ0) is 25.6. The summed E-state index contributed by atoms with van der Waals surface area (Å²) in [4.78, 5) is 31.6. The monoisotopic (exact) mass is 554 g/mol. The molecule has 0 radical (unpaired) electrons. The molecule has 4 heterocycles. The Morgan fingerprint density at radius 2 is 2.06 bits per heavy atom. The van der Waals surface area contributed by atoms with Gasteiger partial charge in [-0.2, -0.15) is 18.3 Å². The molecule has 1 aliphatic carbocycles. The molecule has 4 aromatic rings. The van der Waals surface area contributed by atoms with Gasteiger partial charge in [-0.3, -0.25) is 4.79 Å². The van der Waals surface area contributed by atoms with Gasteiger partial charge in [-0.05, 0) is 55.7 Å². The molecule has 0 saturated heterocycles. The molecule has 36 heavy (non-hydrogen) atoms. The quantitative estimate of drug-likeness (QED) is 0.285. The van der Waals surface area contributed by atoms with Crippen LogP contribution in [0, 0.1) is 0 Å². The highest BCUT2D eigenvalue weighted by molar-refractivity contribution is 7.17. The highest BCUT2D eigenvalue weighted by atomic mass is 35.5. The Hall–Kier alpha value is -2.96. The van der Waals surface area contributed by atoms with Crippen LogP contribution in [0.3, 0.4) is 0 Å². The Kier molecular flexibility index (Phi) is 6.52. The van der Waals surface area contributed by atoms with Crippen LogP contribution in [0.25, 0.3) is 16.2 Å². The van der Waals surface area contributed by atoms with Crippen LogP contribution in [0.1, 0.15) is 56.7 Å². The van der Waals surface area contributed by atoms with Gasteiger partial charge in [-0.1, -0.05) is 17.7 Å². The molecule has 0 spiro atoms. The molecule has 13 heteroatoms. The third kappa shape index (κ3) is 4.37. The van der Waals surface area contributed by atoms with E-state index >= 15 is 0 Å². The van der Waals surface area contributed by atoms with Crippen LogP contribution < -0.4 is 5.32 Å². The van der Waals surface area contributed by atoms with Gasteiger partial charge in [0.25, 0.3) is 5.91 Å². The normalized spacial score (nSPS) is 13.6. The lowest BCUT2D eigenvalue weighted by Crippen LogP contribution is -2.17. The van der Waals surface area contributed by atoms with E-state index in [0.717, 1.165) is 35.8 Å². The van der Waals surface area contributed by atoms with Crippen molar-refractivity contribution in [2.24, 2.45) is 0 Å². The van der Waals surface area contributed by atoms with E-state index in [1.165, 1.54) is 22.7 Å². The predicted molar refractivity (Wildman–Crippen MR) is 131 cm³/mol. The van der Waals surface area contributed by atoms with Crippen molar-refractivity contribution in [3.63, 3.8) is 0 Å². The second-order valence-electron chi connectivity index (χ2n) is 7.99. The minimum Gasteiger partial charge on any atom is -0.462 e. The maximum absolute atomic E-state index is 13.9. The number of nitrogens with one attached hydrogen (secondary N) is 1. The first-order chi connectivity index (χ1) is 17.2. The fourth-order valence-electron chi connectivity index (χ4n) is 4.12. The maximum Gasteiger partial charge on any atom is 0.433 e. The number of nitrogens with zero attached hydrogens (tertiary/aromatic N) is 3. The molecule has 0 aromatic carbocycles. The van der Waals surface area contributed by atoms with Gasteiger partial charge in [-0.25, -0.2) is 14.3 Å². The number of carbonyl (C=O) groups excluding carboxylic acids is 2. The summed E-state index contributed by atoms with van der Waals surface area (Å²) in [5, 5.41) is 8.17. The summed E-state index contributed by atoms with van der Waals surface area (Å²) in [5.74, 6) is -1.41. The lowest BCUT2D eigenvalue weighted by molar-refractivity contribution is -0.142. The van der Waals surface area contributed by atoms with Gasteiger partial charge in [-0.15, -0.1) is 22.7 Å². The van der Waals surface area contributed by atoms with Crippen molar-refractivity contribution in [1.82, 2.24) is 14.6 Å². The topological polar surface area (TPSA) is 85.6 Å². The standard InChI is InChI=1S/C23H18ClF3N4O3S2/c1-2-34-22(33)16-11-6-3-4-7-13(11)36-21(16)29-20(32)18-17(24)19-28-12(14-8-5-9-35-14)10-15(23(25,26)27)31(19)30-18/h5,8-10H,2-4,6-7H2,1H3,(H,29,32). The Bertz CT molecular complexity index is 1480. The Morgan fingerprint density at radius 1 is 1.28 bits per heavy atom. The van der Waals surface area contributed by atoms with E-state index in [4.69, 9.17) is 16.3 Å². The fraction of sp³-hybridized carbons (Fsp3) is 0.304. The Labute approximate surface area is 215 Å². The van der Waals surface area contributed by atoms with Crippen LogP contribution in [0.15, 0.2) is 23.6 Å². The van der Waals surface area contributed by atoms with Gasteiger partial charge in [0.1, 0.15) is 10.0 Å². The smallest absolute Gasteiger partial charge is 0.433 e. The van der Waals surface area contributed by atoms with E-state index in [1.54, 1.807) is 24.4 Å². The second-order valence-corrected chi connectivity index (χ2v) is 10.4.